The van der Waals surface area contributed by atoms with Gasteiger partial charge in [-0.25, -0.2) is 4.39 Å². The fourth-order valence-electron chi connectivity index (χ4n) is 1.60. The molecule has 1 aromatic carbocycles. The van der Waals surface area contributed by atoms with Gasteiger partial charge in [0.2, 0.25) is 0 Å². The maximum Gasteiger partial charge on any atom is 0.307 e. The summed E-state index contributed by atoms with van der Waals surface area (Å²) in [5.74, 6) is -1.31. The molecule has 0 aliphatic carbocycles. The van der Waals surface area contributed by atoms with Gasteiger partial charge < -0.3 is 5.11 Å². The van der Waals surface area contributed by atoms with Crippen LogP contribution < -0.4 is 4.87 Å². The van der Waals surface area contributed by atoms with Gasteiger partial charge in [-0.1, -0.05) is 11.3 Å². The lowest BCUT2D eigenvalue weighted by atomic mass is 10.1. The van der Waals surface area contributed by atoms with E-state index >= 15 is 0 Å². The molecular weight excluding hydrogens is 257 g/mol. The van der Waals surface area contributed by atoms with Crippen molar-refractivity contribution in [3.05, 3.63) is 45.1 Å². The Kier molecular flexibility index (Phi) is 3.57. The molecule has 0 spiro atoms. The smallest absolute Gasteiger partial charge is 0.307 e. The lowest BCUT2D eigenvalue weighted by molar-refractivity contribution is -0.137. The van der Waals surface area contributed by atoms with Gasteiger partial charge in [0.05, 0.1) is 12.1 Å². The predicted octanol–water partition coefficient (Wildman–Crippen LogP) is 2.19. The van der Waals surface area contributed by atoms with E-state index in [1.54, 1.807) is 17.5 Å². The Morgan fingerprint density at radius 3 is 2.61 bits per heavy atom. The highest BCUT2D eigenvalue weighted by molar-refractivity contribution is 7.07. The normalized spacial score (nSPS) is 10.5. The molecule has 1 aromatic heterocycles. The molecule has 94 valence electrons. The number of benzene rings is 1. The number of halogens is 1. The first-order valence-corrected chi connectivity index (χ1v) is 6.12. The molecule has 0 atom stereocenters. The van der Waals surface area contributed by atoms with Gasteiger partial charge in [-0.05, 0) is 29.8 Å². The first kappa shape index (κ1) is 12.5. The third-order valence-electron chi connectivity index (χ3n) is 2.47. The second-order valence-corrected chi connectivity index (χ2v) is 4.51. The number of rotatable bonds is 4. The van der Waals surface area contributed by atoms with Gasteiger partial charge in [-0.15, -0.1) is 0 Å². The lowest BCUT2D eigenvalue weighted by Crippen LogP contribution is -2.16. The van der Waals surface area contributed by atoms with Crippen molar-refractivity contribution in [3.63, 3.8) is 0 Å². The molecule has 2 rings (SSSR count). The molecule has 0 fully saturated rings. The molecular formula is C12H10FNO3S. The zero-order valence-corrected chi connectivity index (χ0v) is 10.1. The summed E-state index contributed by atoms with van der Waals surface area (Å²) in [7, 11) is 0. The van der Waals surface area contributed by atoms with Crippen LogP contribution in [0.3, 0.4) is 0 Å². The minimum atomic E-state index is -0.960. The molecule has 18 heavy (non-hydrogen) atoms. The van der Waals surface area contributed by atoms with Crippen molar-refractivity contribution in [3.8, 4) is 11.3 Å². The van der Waals surface area contributed by atoms with Gasteiger partial charge in [0, 0.05) is 11.9 Å². The van der Waals surface area contributed by atoms with E-state index in [0.29, 0.717) is 11.3 Å². The Balaban J connectivity index is 2.36. The third kappa shape index (κ3) is 2.65. The maximum atomic E-state index is 12.8. The molecule has 0 bridgehead atoms. The zero-order chi connectivity index (χ0) is 13.1. The molecule has 2 aromatic rings. The highest BCUT2D eigenvalue weighted by Crippen LogP contribution is 2.20. The van der Waals surface area contributed by atoms with E-state index < -0.39 is 5.97 Å². The Morgan fingerprint density at radius 1 is 1.33 bits per heavy atom. The molecule has 0 saturated heterocycles. The average Bonchev–Trinajstić information content (AvgIpc) is 2.69. The Labute approximate surface area is 106 Å². The Morgan fingerprint density at radius 2 is 2.00 bits per heavy atom. The van der Waals surface area contributed by atoms with Gasteiger partial charge in [0.15, 0.2) is 0 Å². The minimum Gasteiger partial charge on any atom is -0.481 e. The topological polar surface area (TPSA) is 59.3 Å². The molecule has 1 heterocycles. The number of carboxylic acids is 1. The van der Waals surface area contributed by atoms with Crippen molar-refractivity contribution < 1.29 is 14.3 Å². The number of aromatic nitrogens is 1. The van der Waals surface area contributed by atoms with Crippen molar-refractivity contribution >= 4 is 17.3 Å². The number of aliphatic carboxylic acids is 1. The largest absolute Gasteiger partial charge is 0.481 e. The molecule has 0 aliphatic heterocycles. The van der Waals surface area contributed by atoms with Crippen LogP contribution in [0.1, 0.15) is 6.42 Å². The SMILES string of the molecule is O=C(O)CCn1c(-c2ccc(F)cc2)csc1=O. The monoisotopic (exact) mass is 267 g/mol. The van der Waals surface area contributed by atoms with Gasteiger partial charge in [-0.3, -0.25) is 14.2 Å². The zero-order valence-electron chi connectivity index (χ0n) is 9.30. The van der Waals surface area contributed by atoms with E-state index in [2.05, 4.69) is 0 Å². The average molecular weight is 267 g/mol. The van der Waals surface area contributed by atoms with Gasteiger partial charge >= 0.3 is 10.8 Å². The predicted molar refractivity (Wildman–Crippen MR) is 66.2 cm³/mol. The van der Waals surface area contributed by atoms with Crippen LogP contribution in [0.4, 0.5) is 4.39 Å². The standard InChI is InChI=1S/C12H10FNO3S/c13-9-3-1-8(2-4-9)10-7-18-12(17)14(10)6-5-11(15)16/h1-4,7H,5-6H2,(H,15,16). The van der Waals surface area contributed by atoms with E-state index in [4.69, 9.17) is 5.11 Å². The summed E-state index contributed by atoms with van der Waals surface area (Å²) in [6.07, 6.45) is -0.120. The summed E-state index contributed by atoms with van der Waals surface area (Å²) < 4.78 is 14.2. The second kappa shape index (κ2) is 5.14. The van der Waals surface area contributed by atoms with Crippen LogP contribution in [0.15, 0.2) is 34.4 Å². The molecule has 6 heteroatoms. The number of carbonyl (C=O) groups is 1. The van der Waals surface area contributed by atoms with Crippen molar-refractivity contribution in [2.45, 2.75) is 13.0 Å². The third-order valence-corrected chi connectivity index (χ3v) is 3.23. The van der Waals surface area contributed by atoms with Crippen molar-refractivity contribution in [1.29, 1.82) is 0 Å². The molecule has 0 aliphatic rings. The Hall–Kier alpha value is -1.95. The summed E-state index contributed by atoms with van der Waals surface area (Å²) in [4.78, 5) is 21.9. The van der Waals surface area contributed by atoms with Gasteiger partial charge in [-0.2, -0.15) is 0 Å². The molecule has 0 amide bonds. The quantitative estimate of drug-likeness (QED) is 0.923. The summed E-state index contributed by atoms with van der Waals surface area (Å²) >= 11 is 1.00. The lowest BCUT2D eigenvalue weighted by Gasteiger charge is -2.06. The molecule has 0 saturated carbocycles. The molecule has 4 nitrogen and oxygen atoms in total. The van der Waals surface area contributed by atoms with E-state index in [0.717, 1.165) is 11.3 Å². The minimum absolute atomic E-state index is 0.115. The van der Waals surface area contributed by atoms with E-state index in [9.17, 15) is 14.0 Å². The van der Waals surface area contributed by atoms with Crippen molar-refractivity contribution in [2.75, 3.05) is 0 Å². The van der Waals surface area contributed by atoms with Crippen molar-refractivity contribution in [2.24, 2.45) is 0 Å². The number of carboxylic acid groups (broad SMARTS) is 1. The summed E-state index contributed by atoms with van der Waals surface area (Å²) in [5.41, 5.74) is 1.31. The highest BCUT2D eigenvalue weighted by Gasteiger charge is 2.10. The van der Waals surface area contributed by atoms with Crippen LogP contribution in [-0.4, -0.2) is 15.6 Å². The number of hydrogen-bond donors (Lipinski definition) is 1. The number of nitrogens with zero attached hydrogens (tertiary/aromatic N) is 1. The van der Waals surface area contributed by atoms with Crippen molar-refractivity contribution in [1.82, 2.24) is 4.57 Å². The maximum absolute atomic E-state index is 12.8. The van der Waals surface area contributed by atoms with Crippen LogP contribution >= 0.6 is 11.3 Å². The summed E-state index contributed by atoms with van der Waals surface area (Å²) in [6.45, 7) is 0.115. The van der Waals surface area contributed by atoms with E-state index in [1.807, 2.05) is 0 Å². The van der Waals surface area contributed by atoms with Gasteiger partial charge in [0.1, 0.15) is 5.82 Å². The van der Waals surface area contributed by atoms with Crippen LogP contribution in [0, 0.1) is 5.82 Å². The first-order valence-electron chi connectivity index (χ1n) is 5.24. The number of thiazole rings is 1. The first-order chi connectivity index (χ1) is 8.58. The fourth-order valence-corrected chi connectivity index (χ4v) is 2.39. The van der Waals surface area contributed by atoms with Gasteiger partial charge in [0.25, 0.3) is 0 Å². The van der Waals surface area contributed by atoms with Crippen LogP contribution in [0.2, 0.25) is 0 Å². The Bertz CT molecular complexity index is 615. The highest BCUT2D eigenvalue weighted by atomic mass is 32.1. The summed E-state index contributed by atoms with van der Waals surface area (Å²) in [6, 6.07) is 5.74. The fraction of sp³-hybridized carbons (Fsp3) is 0.167. The van der Waals surface area contributed by atoms with Crippen LogP contribution in [-0.2, 0) is 11.3 Å². The molecule has 0 radical (unpaired) electrons. The number of hydrogen-bond acceptors (Lipinski definition) is 3. The van der Waals surface area contributed by atoms with Crippen LogP contribution in [0.5, 0.6) is 0 Å². The van der Waals surface area contributed by atoms with E-state index in [1.165, 1.54) is 16.7 Å². The second-order valence-electron chi connectivity index (χ2n) is 3.69. The van der Waals surface area contributed by atoms with Crippen LogP contribution in [0.25, 0.3) is 11.3 Å². The molecule has 1 N–H and O–H groups in total. The summed E-state index contributed by atoms with van der Waals surface area (Å²) in [5, 5.41) is 10.3. The molecule has 0 unspecified atom stereocenters. The van der Waals surface area contributed by atoms with E-state index in [-0.39, 0.29) is 23.7 Å².